The van der Waals surface area contributed by atoms with E-state index in [1.165, 1.54) is 5.56 Å². The molecule has 1 aliphatic carbocycles. The van der Waals surface area contributed by atoms with Gasteiger partial charge in [0.2, 0.25) is 0 Å². The molecule has 1 aromatic rings. The Morgan fingerprint density at radius 2 is 1.69 bits per heavy atom. The third-order valence-electron chi connectivity index (χ3n) is 3.08. The zero-order chi connectivity index (χ0) is 10.5. The second-order valence-corrected chi connectivity index (χ2v) is 4.22. The van der Waals surface area contributed by atoms with Crippen molar-refractivity contribution in [3.8, 4) is 0 Å². The summed E-state index contributed by atoms with van der Waals surface area (Å²) < 4.78 is 0. The molecule has 0 bridgehead atoms. The topological polar surface area (TPSA) is 23.9 Å². The normalized spacial score (nSPS) is 19.8. The zero-order valence-corrected chi connectivity index (χ0v) is 8.95. The van der Waals surface area contributed by atoms with Crippen LogP contribution in [0.15, 0.2) is 35.9 Å². The van der Waals surface area contributed by atoms with Gasteiger partial charge >= 0.3 is 51.4 Å². The molecule has 0 amide bonds. The first-order chi connectivity index (χ1) is 7.38. The number of nitrogens with one attached hydrogen (secondary N) is 1. The summed E-state index contributed by atoms with van der Waals surface area (Å²) in [6.07, 6.45) is 8.55. The van der Waals surface area contributed by atoms with E-state index in [2.05, 4.69) is 30.3 Å². The number of allylic oxidation sites excluding steroid dienone is 1. The van der Waals surface area contributed by atoms with E-state index in [0.717, 1.165) is 25.7 Å². The van der Waals surface area contributed by atoms with Gasteiger partial charge in [0.15, 0.2) is 0 Å². The van der Waals surface area contributed by atoms with Crippen LogP contribution < -0.4 is 0 Å². The van der Waals surface area contributed by atoms with E-state index in [-0.39, 0.29) is 51.4 Å². The van der Waals surface area contributed by atoms with Gasteiger partial charge in [0.05, 0.1) is 0 Å². The van der Waals surface area contributed by atoms with E-state index in [1.54, 1.807) is 11.8 Å². The molecule has 1 saturated carbocycles. The summed E-state index contributed by atoms with van der Waals surface area (Å²) in [5, 5.41) is 7.24. The molecule has 0 aromatic heterocycles. The molecule has 80 valence electrons. The molecule has 1 fully saturated rings. The van der Waals surface area contributed by atoms with Crippen molar-refractivity contribution in [2.75, 3.05) is 0 Å². The van der Waals surface area contributed by atoms with Gasteiger partial charge in [0.25, 0.3) is 0 Å². The van der Waals surface area contributed by atoms with E-state index >= 15 is 0 Å². The van der Waals surface area contributed by atoms with Crippen LogP contribution in [0.25, 0.3) is 6.08 Å². The van der Waals surface area contributed by atoms with Gasteiger partial charge in [-0.25, -0.2) is 0 Å². The number of hydrogen-bond donors (Lipinski definition) is 1. The van der Waals surface area contributed by atoms with Gasteiger partial charge in [0, 0.05) is 0 Å². The third-order valence-corrected chi connectivity index (χ3v) is 3.08. The van der Waals surface area contributed by atoms with Gasteiger partial charge in [-0.05, 0) is 43.4 Å². The van der Waals surface area contributed by atoms with Crippen LogP contribution in [0.2, 0.25) is 0 Å². The maximum absolute atomic E-state index is 7.24. The predicted octanol–water partition coefficient (Wildman–Crippen LogP) is 3.26. The van der Waals surface area contributed by atoms with Gasteiger partial charge in [-0.2, -0.15) is 0 Å². The molecule has 0 atom stereocenters. The van der Waals surface area contributed by atoms with Crippen molar-refractivity contribution in [3.63, 3.8) is 0 Å². The number of hydrogen-bond acceptors (Lipinski definition) is 1. The van der Waals surface area contributed by atoms with Crippen molar-refractivity contribution in [3.05, 3.63) is 41.5 Å². The molecule has 1 N–H and O–H groups in total. The molecule has 0 heterocycles. The minimum atomic E-state index is 0. The molecule has 0 spiro atoms. The fourth-order valence-electron chi connectivity index (χ4n) is 2.11. The van der Waals surface area contributed by atoms with Crippen LogP contribution in [0.4, 0.5) is 0 Å². The summed E-state index contributed by atoms with van der Waals surface area (Å²) in [6, 6.07) is 10.5. The summed E-state index contributed by atoms with van der Waals surface area (Å²) >= 11 is 0. The molecule has 1 nitrogen and oxygen atoms in total. The van der Waals surface area contributed by atoms with Crippen molar-refractivity contribution in [2.24, 2.45) is 5.92 Å². The van der Waals surface area contributed by atoms with Crippen LogP contribution in [0.3, 0.4) is 0 Å². The first-order valence-electron chi connectivity index (χ1n) is 5.63. The van der Waals surface area contributed by atoms with Crippen molar-refractivity contribution in [1.29, 1.82) is 5.41 Å². The second-order valence-electron chi connectivity index (χ2n) is 4.22. The van der Waals surface area contributed by atoms with Crippen molar-refractivity contribution >= 4 is 63.7 Å². The van der Waals surface area contributed by atoms with Crippen LogP contribution in [0.5, 0.6) is 0 Å². The first kappa shape index (κ1) is 14.3. The monoisotopic (exact) mass is 239 g/mol. The molecule has 0 aliphatic heterocycles. The molecule has 16 heavy (non-hydrogen) atoms. The first-order valence-corrected chi connectivity index (χ1v) is 5.63. The third kappa shape index (κ3) is 4.26. The van der Waals surface area contributed by atoms with Gasteiger partial charge in [0.1, 0.15) is 0 Å². The second kappa shape index (κ2) is 7.57. The Kier molecular flexibility index (Phi) is 6.77. The van der Waals surface area contributed by atoms with Gasteiger partial charge in [-0.1, -0.05) is 42.0 Å². The average Bonchev–Trinajstić information content (AvgIpc) is 2.31. The number of benzene rings is 1. The Balaban J connectivity index is 0.00000128. The molecule has 2 heteroatoms. The molecule has 1 aliphatic rings. The Labute approximate surface area is 140 Å². The average molecular weight is 239 g/mol. The standard InChI is InChI=1S/C14H17N.K.H/c15-11-14-8-6-13(7-9-14)10-12-4-2-1-3-5-12;;/h1-5,10-11,14-15H,6-9H2;;. The summed E-state index contributed by atoms with van der Waals surface area (Å²) in [5.74, 6) is 0.526. The van der Waals surface area contributed by atoms with Crippen LogP contribution in [0.1, 0.15) is 31.2 Å². The summed E-state index contributed by atoms with van der Waals surface area (Å²) in [4.78, 5) is 0. The molecule has 0 saturated heterocycles. The summed E-state index contributed by atoms with van der Waals surface area (Å²) in [5.41, 5.74) is 2.85. The van der Waals surface area contributed by atoms with Crippen LogP contribution >= 0.6 is 0 Å². The Hall–Kier alpha value is 0.266. The fraction of sp³-hybridized carbons (Fsp3) is 0.357. The van der Waals surface area contributed by atoms with E-state index in [1.807, 2.05) is 6.07 Å². The van der Waals surface area contributed by atoms with Gasteiger partial charge in [-0.15, -0.1) is 0 Å². The van der Waals surface area contributed by atoms with E-state index in [0.29, 0.717) is 5.92 Å². The van der Waals surface area contributed by atoms with Crippen LogP contribution in [-0.2, 0) is 0 Å². The maximum atomic E-state index is 7.24. The molecule has 2 rings (SSSR count). The molecule has 1 aromatic carbocycles. The summed E-state index contributed by atoms with van der Waals surface area (Å²) in [7, 11) is 0. The van der Waals surface area contributed by atoms with Crippen molar-refractivity contribution in [1.82, 2.24) is 0 Å². The zero-order valence-electron chi connectivity index (χ0n) is 8.95. The quantitative estimate of drug-likeness (QED) is 0.605. The van der Waals surface area contributed by atoms with E-state index < -0.39 is 0 Å². The van der Waals surface area contributed by atoms with Crippen LogP contribution in [-0.4, -0.2) is 57.6 Å². The summed E-state index contributed by atoms with van der Waals surface area (Å²) in [6.45, 7) is 0. The fourth-order valence-corrected chi connectivity index (χ4v) is 2.11. The Morgan fingerprint density at radius 1 is 1.06 bits per heavy atom. The Bertz CT molecular complexity index is 346. The molecule has 0 unspecified atom stereocenters. The van der Waals surface area contributed by atoms with Crippen molar-refractivity contribution < 1.29 is 0 Å². The SMILES string of the molecule is N=CC1CCC(=Cc2ccccc2)CC1.[KH]. The van der Waals surface area contributed by atoms with E-state index in [4.69, 9.17) is 5.41 Å². The molecular formula is C14H18KN. The Morgan fingerprint density at radius 3 is 2.25 bits per heavy atom. The molecule has 0 radical (unpaired) electrons. The van der Waals surface area contributed by atoms with Crippen LogP contribution in [0, 0.1) is 11.3 Å². The minimum absolute atomic E-state index is 0. The van der Waals surface area contributed by atoms with Gasteiger partial charge in [-0.3, -0.25) is 0 Å². The van der Waals surface area contributed by atoms with E-state index in [9.17, 15) is 0 Å². The number of rotatable bonds is 2. The predicted molar refractivity (Wildman–Crippen MR) is 72.3 cm³/mol. The van der Waals surface area contributed by atoms with Crippen molar-refractivity contribution in [2.45, 2.75) is 25.7 Å². The molecular weight excluding hydrogens is 221 g/mol. The van der Waals surface area contributed by atoms with Gasteiger partial charge < -0.3 is 5.41 Å².